The van der Waals surface area contributed by atoms with Gasteiger partial charge < -0.3 is 0 Å². The van der Waals surface area contributed by atoms with Gasteiger partial charge in [-0.05, 0) is 33.6 Å². The predicted molar refractivity (Wildman–Crippen MR) is 176 cm³/mol. The van der Waals surface area contributed by atoms with E-state index in [2.05, 4.69) is 49.9 Å². The molecule has 0 aromatic carbocycles. The van der Waals surface area contributed by atoms with Crippen LogP contribution in [0.3, 0.4) is 0 Å². The molecular formula is C31H53Cl3F2N6. The molecule has 0 radical (unpaired) electrons. The first-order valence-electron chi connectivity index (χ1n) is 14.6. The summed E-state index contributed by atoms with van der Waals surface area (Å²) in [6.45, 7) is 27.5. The molecule has 242 valence electrons. The van der Waals surface area contributed by atoms with Gasteiger partial charge in [-0.15, -0.1) is 0 Å². The van der Waals surface area contributed by atoms with Crippen LogP contribution >= 0.6 is 34.8 Å². The molecule has 0 aliphatic carbocycles. The third-order valence-corrected chi connectivity index (χ3v) is 6.87. The first kappa shape index (κ1) is 40.4. The smallest absolute Gasteiger partial charge is 0.112 e. The third-order valence-electron chi connectivity index (χ3n) is 6.03. The summed E-state index contributed by atoms with van der Waals surface area (Å²) in [5, 5.41) is 14.4. The fourth-order valence-corrected chi connectivity index (χ4v) is 5.36. The van der Waals surface area contributed by atoms with Crippen molar-refractivity contribution in [3.8, 4) is 0 Å². The van der Waals surface area contributed by atoms with Gasteiger partial charge in [0.2, 0.25) is 0 Å². The fraction of sp³-hybridized carbons (Fsp3) is 0.710. The highest BCUT2D eigenvalue weighted by molar-refractivity contribution is 6.31. The van der Waals surface area contributed by atoms with E-state index in [0.717, 1.165) is 22.1 Å². The number of hydrogen-bond acceptors (Lipinski definition) is 3. The highest BCUT2D eigenvalue weighted by Crippen LogP contribution is 2.32. The van der Waals surface area contributed by atoms with Gasteiger partial charge in [-0.25, -0.2) is 8.78 Å². The minimum absolute atomic E-state index is 0.0534. The van der Waals surface area contributed by atoms with Gasteiger partial charge in [0.15, 0.2) is 0 Å². The summed E-state index contributed by atoms with van der Waals surface area (Å²) in [4.78, 5) is 0. The molecule has 0 aliphatic rings. The molecule has 11 heteroatoms. The minimum atomic E-state index is -0.429. The van der Waals surface area contributed by atoms with Gasteiger partial charge in [0.25, 0.3) is 0 Å². The average Bonchev–Trinajstić information content (AvgIpc) is 3.60. The second-order valence-corrected chi connectivity index (χ2v) is 13.9. The van der Waals surface area contributed by atoms with E-state index in [4.69, 9.17) is 34.8 Å². The van der Waals surface area contributed by atoms with Crippen molar-refractivity contribution < 1.29 is 8.78 Å². The Bertz CT molecular complexity index is 1190. The fourth-order valence-electron chi connectivity index (χ4n) is 4.18. The summed E-state index contributed by atoms with van der Waals surface area (Å²) in [6, 6.07) is -0.122. The van der Waals surface area contributed by atoms with Gasteiger partial charge in [-0.2, -0.15) is 15.3 Å². The van der Waals surface area contributed by atoms with Crippen molar-refractivity contribution in [2.75, 3.05) is 13.3 Å². The number of alkyl halides is 2. The van der Waals surface area contributed by atoms with Crippen molar-refractivity contribution in [1.82, 2.24) is 29.3 Å². The van der Waals surface area contributed by atoms with Crippen LogP contribution in [0.5, 0.6) is 0 Å². The Morgan fingerprint density at radius 2 is 0.952 bits per heavy atom. The van der Waals surface area contributed by atoms with Gasteiger partial charge in [-0.3, -0.25) is 14.0 Å². The zero-order chi connectivity index (χ0) is 33.2. The Kier molecular flexibility index (Phi) is 16.9. The molecule has 3 aromatic rings. The topological polar surface area (TPSA) is 53.5 Å². The van der Waals surface area contributed by atoms with Gasteiger partial charge in [0.05, 0.1) is 62.8 Å². The quantitative estimate of drug-likeness (QED) is 0.266. The first-order valence-corrected chi connectivity index (χ1v) is 15.7. The normalized spacial score (nSPS) is 13.1. The monoisotopic (exact) mass is 652 g/mol. The Morgan fingerprint density at radius 1 is 0.619 bits per heavy atom. The minimum Gasteiger partial charge on any atom is -0.265 e. The number of nitrogens with zero attached hydrogens (tertiary/aromatic N) is 6. The highest BCUT2D eigenvalue weighted by atomic mass is 35.5. The highest BCUT2D eigenvalue weighted by Gasteiger charge is 2.25. The van der Waals surface area contributed by atoms with E-state index in [1.54, 1.807) is 41.8 Å². The maximum atomic E-state index is 12.5. The van der Waals surface area contributed by atoms with E-state index < -0.39 is 13.3 Å². The van der Waals surface area contributed by atoms with Crippen molar-refractivity contribution in [3.05, 3.63) is 50.7 Å². The lowest BCUT2D eigenvalue weighted by atomic mass is 9.92. The van der Waals surface area contributed by atoms with Crippen molar-refractivity contribution in [1.29, 1.82) is 0 Å². The lowest BCUT2D eigenvalue weighted by Gasteiger charge is -2.23. The van der Waals surface area contributed by atoms with Crippen molar-refractivity contribution >= 4 is 34.8 Å². The molecule has 3 heterocycles. The standard InChI is InChI=1S/C10H16ClFN2.C10H17ClN2.C9H14ClFN2.C2H6/c1-7(5-12)14-9(10(2,3)4)8(11)6-13-14;1-7(2)13-9(10(3,4)5)8(11)6-12-13;1-6(2)9-8(10)5-12-13(9)7(3)4-11;1-2/h6-7H,5H2,1-4H3;6-7H,1-5H3;5-7H,4H2,1-3H3;1-2H3/t7-;;;/m0.../s1. The van der Waals surface area contributed by atoms with E-state index >= 15 is 0 Å². The van der Waals surface area contributed by atoms with E-state index in [-0.39, 0.29) is 28.8 Å². The Morgan fingerprint density at radius 3 is 1.29 bits per heavy atom. The summed E-state index contributed by atoms with van der Waals surface area (Å²) in [6.07, 6.45) is 4.87. The molecule has 1 unspecified atom stereocenters. The lowest BCUT2D eigenvalue weighted by molar-refractivity contribution is 0.335. The van der Waals surface area contributed by atoms with Gasteiger partial charge >= 0.3 is 0 Å². The second kappa shape index (κ2) is 17.6. The van der Waals surface area contributed by atoms with Crippen LogP contribution in [0.15, 0.2) is 18.6 Å². The molecule has 0 N–H and O–H groups in total. The van der Waals surface area contributed by atoms with E-state index in [1.807, 2.05) is 53.1 Å². The molecular weight excluding hydrogens is 601 g/mol. The average molecular weight is 654 g/mol. The third kappa shape index (κ3) is 11.1. The number of rotatable bonds is 6. The Hall–Kier alpha value is -1.64. The number of aromatic nitrogens is 6. The van der Waals surface area contributed by atoms with Crippen molar-refractivity contribution in [2.24, 2.45) is 0 Å². The van der Waals surface area contributed by atoms with Crippen LogP contribution in [0.25, 0.3) is 0 Å². The molecule has 0 amide bonds. The molecule has 0 bridgehead atoms. The first-order chi connectivity index (χ1) is 19.3. The summed E-state index contributed by atoms with van der Waals surface area (Å²) in [7, 11) is 0. The van der Waals surface area contributed by atoms with Crippen LogP contribution in [0.4, 0.5) is 8.78 Å². The number of halogens is 5. The van der Waals surface area contributed by atoms with Gasteiger partial charge in [0, 0.05) is 16.9 Å². The van der Waals surface area contributed by atoms with Crippen LogP contribution in [0.2, 0.25) is 15.1 Å². The number of hydrogen-bond donors (Lipinski definition) is 0. The van der Waals surface area contributed by atoms with Crippen molar-refractivity contribution in [3.63, 3.8) is 0 Å². The van der Waals surface area contributed by atoms with Crippen LogP contribution in [-0.2, 0) is 10.8 Å². The lowest BCUT2D eigenvalue weighted by Crippen LogP contribution is -2.22. The van der Waals surface area contributed by atoms with E-state index in [0.29, 0.717) is 16.1 Å². The van der Waals surface area contributed by atoms with Crippen LogP contribution in [0, 0.1) is 0 Å². The van der Waals surface area contributed by atoms with E-state index in [9.17, 15) is 8.78 Å². The Balaban J connectivity index is 0.000000583. The zero-order valence-corrected chi connectivity index (χ0v) is 30.3. The molecule has 0 aliphatic heterocycles. The van der Waals surface area contributed by atoms with Gasteiger partial charge in [0.1, 0.15) is 13.3 Å². The molecule has 6 nitrogen and oxygen atoms in total. The summed E-state index contributed by atoms with van der Waals surface area (Å²) < 4.78 is 30.3. The summed E-state index contributed by atoms with van der Waals surface area (Å²) in [5.74, 6) is 0.268. The van der Waals surface area contributed by atoms with Crippen molar-refractivity contribution in [2.45, 2.75) is 132 Å². The predicted octanol–water partition coefficient (Wildman–Crippen LogP) is 11.0. The molecule has 0 fully saturated rings. The maximum absolute atomic E-state index is 12.5. The largest absolute Gasteiger partial charge is 0.265 e. The molecule has 2 atom stereocenters. The maximum Gasteiger partial charge on any atom is 0.112 e. The Labute approximate surface area is 268 Å². The molecule has 3 aromatic heterocycles. The summed E-state index contributed by atoms with van der Waals surface area (Å²) >= 11 is 18.1. The molecule has 0 saturated carbocycles. The molecule has 42 heavy (non-hydrogen) atoms. The van der Waals surface area contributed by atoms with E-state index in [1.165, 1.54) is 0 Å². The SMILES string of the molecule is CC.CC(C)c1c(Cl)cnn1C(C)CF.CC(C)n1ncc(Cl)c1C(C)(C)C.C[C@@H](CF)n1ncc(Cl)c1C(C)(C)C. The zero-order valence-electron chi connectivity index (χ0n) is 28.0. The van der Waals surface area contributed by atoms with Crippen LogP contribution in [0.1, 0.15) is 138 Å². The molecule has 0 spiro atoms. The molecule has 0 saturated heterocycles. The molecule has 3 rings (SSSR count). The summed E-state index contributed by atoms with van der Waals surface area (Å²) in [5.41, 5.74) is 2.86. The van der Waals surface area contributed by atoms with Crippen LogP contribution < -0.4 is 0 Å². The van der Waals surface area contributed by atoms with Crippen LogP contribution in [-0.4, -0.2) is 42.7 Å². The van der Waals surface area contributed by atoms with Gasteiger partial charge in [-0.1, -0.05) is 104 Å². The second-order valence-electron chi connectivity index (χ2n) is 12.6.